The largest absolute Gasteiger partial charge is 0.490 e. The van der Waals surface area contributed by atoms with E-state index in [9.17, 15) is 4.79 Å². The van der Waals surface area contributed by atoms with Gasteiger partial charge in [-0.05, 0) is 70.2 Å². The van der Waals surface area contributed by atoms with Crippen molar-refractivity contribution in [1.29, 1.82) is 0 Å². The monoisotopic (exact) mass is 514 g/mol. The van der Waals surface area contributed by atoms with Crippen molar-refractivity contribution in [1.82, 2.24) is 19.9 Å². The van der Waals surface area contributed by atoms with Gasteiger partial charge in [0.1, 0.15) is 23.3 Å². The summed E-state index contributed by atoms with van der Waals surface area (Å²) in [6.07, 6.45) is 5.06. The van der Waals surface area contributed by atoms with Crippen LogP contribution in [0.25, 0.3) is 10.9 Å². The van der Waals surface area contributed by atoms with Crippen LogP contribution in [-0.2, 0) is 4.74 Å². The SMILES string of the molecule is Cc1cnc(Nc2ccc(OC3CCN(C(=O)OC(C)(C)C)CC3)cc2)nc1Nc1cccc2[nH]ccc12. The summed E-state index contributed by atoms with van der Waals surface area (Å²) in [6, 6.07) is 15.9. The van der Waals surface area contributed by atoms with Crippen molar-refractivity contribution in [2.45, 2.75) is 52.2 Å². The lowest BCUT2D eigenvalue weighted by Crippen LogP contribution is -2.44. The minimum absolute atomic E-state index is 0.0611. The topological polar surface area (TPSA) is 104 Å². The molecule has 0 aliphatic carbocycles. The van der Waals surface area contributed by atoms with Crippen molar-refractivity contribution >= 4 is 40.1 Å². The maximum Gasteiger partial charge on any atom is 0.410 e. The number of carbonyl (C=O) groups is 1. The highest BCUT2D eigenvalue weighted by Gasteiger charge is 2.27. The van der Waals surface area contributed by atoms with Crippen molar-refractivity contribution in [3.05, 3.63) is 66.5 Å². The molecule has 9 nitrogen and oxygen atoms in total. The lowest BCUT2D eigenvalue weighted by molar-refractivity contribution is 0.0126. The minimum atomic E-state index is -0.487. The molecule has 0 spiro atoms. The van der Waals surface area contributed by atoms with E-state index >= 15 is 0 Å². The molecule has 2 aromatic carbocycles. The van der Waals surface area contributed by atoms with Gasteiger partial charge in [0, 0.05) is 66.2 Å². The third-order valence-corrected chi connectivity index (χ3v) is 6.33. The summed E-state index contributed by atoms with van der Waals surface area (Å²) in [6.45, 7) is 8.87. The van der Waals surface area contributed by atoms with Gasteiger partial charge in [0.15, 0.2) is 0 Å². The second-order valence-electron chi connectivity index (χ2n) is 10.5. The fourth-order valence-electron chi connectivity index (χ4n) is 4.37. The number of hydrogen-bond donors (Lipinski definition) is 3. The molecular formula is C29H34N6O3. The number of benzene rings is 2. The number of nitrogens with one attached hydrogen (secondary N) is 3. The van der Waals surface area contributed by atoms with Crippen LogP contribution in [0.2, 0.25) is 0 Å². The van der Waals surface area contributed by atoms with Crippen LogP contribution in [0.1, 0.15) is 39.2 Å². The fourth-order valence-corrected chi connectivity index (χ4v) is 4.37. The van der Waals surface area contributed by atoms with Crippen molar-refractivity contribution in [2.24, 2.45) is 0 Å². The standard InChI is InChI=1S/C29H34N6O3/c1-19-18-31-27(34-26(19)33-25-7-5-6-24-23(25)12-15-30-24)32-20-8-10-21(11-9-20)37-22-13-16-35(17-14-22)28(36)38-29(2,3)4/h5-12,15,18,22,30H,13-14,16-17H2,1-4H3,(H2,31,32,33,34). The molecule has 1 aliphatic rings. The number of ether oxygens (including phenoxy) is 2. The number of carbonyl (C=O) groups excluding carboxylic acids is 1. The number of aryl methyl sites for hydroxylation is 1. The molecule has 198 valence electrons. The van der Waals surface area contributed by atoms with Gasteiger partial charge in [0.25, 0.3) is 0 Å². The Bertz CT molecular complexity index is 1400. The van der Waals surface area contributed by atoms with Gasteiger partial charge < -0.3 is 30.0 Å². The van der Waals surface area contributed by atoms with E-state index in [4.69, 9.17) is 14.5 Å². The molecule has 0 radical (unpaired) electrons. The quantitative estimate of drug-likeness (QED) is 0.269. The smallest absolute Gasteiger partial charge is 0.410 e. The molecule has 3 N–H and O–H groups in total. The van der Waals surface area contributed by atoms with Crippen molar-refractivity contribution in [3.8, 4) is 5.75 Å². The average molecular weight is 515 g/mol. The zero-order valence-electron chi connectivity index (χ0n) is 22.2. The molecule has 1 aliphatic heterocycles. The number of nitrogens with zero attached hydrogens (tertiary/aromatic N) is 3. The van der Waals surface area contributed by atoms with Crippen LogP contribution in [-0.4, -0.2) is 50.7 Å². The lowest BCUT2D eigenvalue weighted by atomic mass is 10.1. The number of amides is 1. The van der Waals surface area contributed by atoms with Gasteiger partial charge in [0.2, 0.25) is 5.95 Å². The van der Waals surface area contributed by atoms with E-state index in [-0.39, 0.29) is 12.2 Å². The van der Waals surface area contributed by atoms with Crippen molar-refractivity contribution in [2.75, 3.05) is 23.7 Å². The van der Waals surface area contributed by atoms with Gasteiger partial charge in [-0.2, -0.15) is 4.98 Å². The third-order valence-electron chi connectivity index (χ3n) is 6.33. The number of hydrogen-bond acceptors (Lipinski definition) is 7. The summed E-state index contributed by atoms with van der Waals surface area (Å²) in [7, 11) is 0. The van der Waals surface area contributed by atoms with Gasteiger partial charge in [-0.25, -0.2) is 9.78 Å². The highest BCUT2D eigenvalue weighted by molar-refractivity contribution is 5.93. The van der Waals surface area contributed by atoms with Crippen molar-refractivity contribution in [3.63, 3.8) is 0 Å². The van der Waals surface area contributed by atoms with E-state index in [1.54, 1.807) is 11.1 Å². The average Bonchev–Trinajstić information content (AvgIpc) is 3.37. The first-order chi connectivity index (χ1) is 18.2. The highest BCUT2D eigenvalue weighted by Crippen LogP contribution is 2.28. The molecule has 2 aromatic heterocycles. The van der Waals surface area contributed by atoms with Gasteiger partial charge in [-0.3, -0.25) is 0 Å². The number of H-pyrrole nitrogens is 1. The number of anilines is 4. The Balaban J connectivity index is 1.17. The summed E-state index contributed by atoms with van der Waals surface area (Å²) in [5, 5.41) is 7.82. The summed E-state index contributed by atoms with van der Waals surface area (Å²) in [5.74, 6) is 2.04. The number of aromatic nitrogens is 3. The Hall–Kier alpha value is -4.27. The lowest BCUT2D eigenvalue weighted by Gasteiger charge is -2.33. The Morgan fingerprint density at radius 2 is 1.82 bits per heavy atom. The highest BCUT2D eigenvalue weighted by atomic mass is 16.6. The Morgan fingerprint density at radius 1 is 1.05 bits per heavy atom. The third kappa shape index (κ3) is 6.16. The molecule has 0 atom stereocenters. The Kier molecular flexibility index (Phi) is 7.09. The Morgan fingerprint density at radius 3 is 2.55 bits per heavy atom. The normalized spacial score (nSPS) is 14.4. The van der Waals surface area contributed by atoms with Gasteiger partial charge >= 0.3 is 6.09 Å². The molecule has 9 heteroatoms. The molecule has 1 amide bonds. The number of fused-ring (bicyclic) bond motifs is 1. The molecular weight excluding hydrogens is 480 g/mol. The summed E-state index contributed by atoms with van der Waals surface area (Å²) < 4.78 is 11.6. The van der Waals surface area contributed by atoms with E-state index in [2.05, 4.69) is 20.6 Å². The van der Waals surface area contributed by atoms with Crippen molar-refractivity contribution < 1.29 is 14.3 Å². The number of aromatic amines is 1. The molecule has 0 unspecified atom stereocenters. The Labute approximate surface area is 222 Å². The second kappa shape index (κ2) is 10.6. The molecule has 5 rings (SSSR count). The summed E-state index contributed by atoms with van der Waals surface area (Å²) >= 11 is 0. The van der Waals surface area contributed by atoms with E-state index in [0.717, 1.165) is 52.3 Å². The molecule has 1 fully saturated rings. The fraction of sp³-hybridized carbons (Fsp3) is 0.345. The van der Waals surface area contributed by atoms with Crippen LogP contribution in [0.15, 0.2) is 60.9 Å². The van der Waals surface area contributed by atoms with E-state index in [0.29, 0.717) is 19.0 Å². The molecule has 0 saturated carbocycles. The zero-order chi connectivity index (χ0) is 26.7. The first kappa shape index (κ1) is 25.4. The maximum absolute atomic E-state index is 12.3. The molecule has 1 saturated heterocycles. The first-order valence-electron chi connectivity index (χ1n) is 12.9. The van der Waals surface area contributed by atoms with Gasteiger partial charge in [0.05, 0.1) is 0 Å². The van der Waals surface area contributed by atoms with Gasteiger partial charge in [-0.1, -0.05) is 6.07 Å². The van der Waals surface area contributed by atoms with E-state index in [1.165, 1.54) is 0 Å². The second-order valence-corrected chi connectivity index (χ2v) is 10.5. The molecule has 0 bridgehead atoms. The molecule has 38 heavy (non-hydrogen) atoms. The van der Waals surface area contributed by atoms with E-state index in [1.807, 2.05) is 82.4 Å². The van der Waals surface area contributed by atoms with Crippen LogP contribution >= 0.6 is 0 Å². The predicted octanol–water partition coefficient (Wildman–Crippen LogP) is 6.53. The van der Waals surface area contributed by atoms with E-state index < -0.39 is 5.60 Å². The minimum Gasteiger partial charge on any atom is -0.490 e. The molecule has 4 aromatic rings. The maximum atomic E-state index is 12.3. The van der Waals surface area contributed by atoms with Crippen LogP contribution in [0.5, 0.6) is 5.75 Å². The number of likely N-dealkylation sites (tertiary alicyclic amines) is 1. The summed E-state index contributed by atoms with van der Waals surface area (Å²) in [4.78, 5) is 26.4. The van der Waals surface area contributed by atoms with Gasteiger partial charge in [-0.15, -0.1) is 0 Å². The van der Waals surface area contributed by atoms with Crippen LogP contribution < -0.4 is 15.4 Å². The zero-order valence-corrected chi connectivity index (χ0v) is 22.2. The van der Waals surface area contributed by atoms with Crippen LogP contribution in [0, 0.1) is 6.92 Å². The predicted molar refractivity (Wildman–Crippen MR) is 150 cm³/mol. The van der Waals surface area contributed by atoms with Crippen LogP contribution in [0.3, 0.4) is 0 Å². The number of piperidine rings is 1. The number of rotatable bonds is 6. The summed E-state index contributed by atoms with van der Waals surface area (Å²) in [5.41, 5.74) is 3.37. The first-order valence-corrected chi connectivity index (χ1v) is 12.9. The van der Waals surface area contributed by atoms with Crippen LogP contribution in [0.4, 0.5) is 27.9 Å². The molecule has 3 heterocycles.